The van der Waals surface area contributed by atoms with E-state index in [2.05, 4.69) is 35.8 Å². The fraction of sp³-hybridized carbons (Fsp3) is 0.286. The number of aliphatic hydroxyl groups is 1. The summed E-state index contributed by atoms with van der Waals surface area (Å²) in [5.41, 5.74) is 2.32. The van der Waals surface area contributed by atoms with Crippen LogP contribution in [0.15, 0.2) is 12.7 Å². The van der Waals surface area contributed by atoms with Gasteiger partial charge in [0.25, 0.3) is 5.95 Å². The largest absolute Gasteiger partial charge is 0.395 e. The lowest BCUT2D eigenvalue weighted by Crippen LogP contribution is -2.17. The Hall–Kier alpha value is -2.33. The van der Waals surface area contributed by atoms with Gasteiger partial charge >= 0.3 is 0 Å². The van der Waals surface area contributed by atoms with Crippen LogP contribution in [0.4, 0.5) is 11.9 Å². The maximum absolute atomic E-state index is 8.71. The standard InChI is InChI=1S/C7H11N9O/c8-15-6-12-5(10-1-2-17)13-7(14-6)16-4-9-3-11-16/h3-4,17H,1-2,8H2,(H2,10,12,13,14,15). The first-order valence-corrected chi connectivity index (χ1v) is 4.76. The summed E-state index contributed by atoms with van der Waals surface area (Å²) in [5.74, 6) is 5.98. The van der Waals surface area contributed by atoms with E-state index in [0.29, 0.717) is 6.54 Å². The van der Waals surface area contributed by atoms with Crippen molar-refractivity contribution in [2.75, 3.05) is 23.9 Å². The molecule has 0 aromatic carbocycles. The molecule has 2 heterocycles. The van der Waals surface area contributed by atoms with Gasteiger partial charge in [0, 0.05) is 6.54 Å². The van der Waals surface area contributed by atoms with Crippen molar-refractivity contribution in [3.8, 4) is 5.95 Å². The molecule has 0 spiro atoms. The molecule has 5 N–H and O–H groups in total. The van der Waals surface area contributed by atoms with Gasteiger partial charge in [0.05, 0.1) is 6.61 Å². The monoisotopic (exact) mass is 237 g/mol. The Labute approximate surface area is 95.9 Å². The summed E-state index contributed by atoms with van der Waals surface area (Å²) in [5, 5.41) is 15.4. The lowest BCUT2D eigenvalue weighted by molar-refractivity contribution is 0.310. The fourth-order valence-electron chi connectivity index (χ4n) is 1.09. The minimum absolute atomic E-state index is 0.0320. The molecule has 10 heteroatoms. The Balaban J connectivity index is 2.32. The van der Waals surface area contributed by atoms with Crippen LogP contribution in [0.1, 0.15) is 0 Å². The van der Waals surface area contributed by atoms with Crippen molar-refractivity contribution in [2.45, 2.75) is 0 Å². The number of hydrazine groups is 1. The third kappa shape index (κ3) is 2.62. The topological polar surface area (TPSA) is 140 Å². The number of nitrogens with one attached hydrogen (secondary N) is 2. The molecule has 2 rings (SSSR count). The number of anilines is 2. The molecule has 0 fully saturated rings. The highest BCUT2D eigenvalue weighted by atomic mass is 16.3. The molecule has 0 amide bonds. The summed E-state index contributed by atoms with van der Waals surface area (Å²) in [6, 6.07) is 0. The van der Waals surface area contributed by atoms with E-state index >= 15 is 0 Å². The Morgan fingerprint density at radius 2 is 2.12 bits per heavy atom. The minimum atomic E-state index is -0.0320. The van der Waals surface area contributed by atoms with Gasteiger partial charge in [0.1, 0.15) is 12.7 Å². The second-order valence-corrected chi connectivity index (χ2v) is 2.92. The summed E-state index contributed by atoms with van der Waals surface area (Å²) in [4.78, 5) is 15.8. The fourth-order valence-corrected chi connectivity index (χ4v) is 1.09. The second kappa shape index (κ2) is 5.14. The molecule has 0 unspecified atom stereocenters. The lowest BCUT2D eigenvalue weighted by Gasteiger charge is -2.06. The van der Waals surface area contributed by atoms with Crippen molar-refractivity contribution in [1.29, 1.82) is 0 Å². The van der Waals surface area contributed by atoms with Crippen molar-refractivity contribution >= 4 is 11.9 Å². The first kappa shape index (κ1) is 11.2. The van der Waals surface area contributed by atoms with Gasteiger partial charge in [0.15, 0.2) is 0 Å². The zero-order valence-corrected chi connectivity index (χ0v) is 8.78. The SMILES string of the molecule is NNc1nc(NCCO)nc(-n2cncn2)n1. The van der Waals surface area contributed by atoms with Crippen molar-refractivity contribution < 1.29 is 5.11 Å². The van der Waals surface area contributed by atoms with Crippen molar-refractivity contribution in [3.05, 3.63) is 12.7 Å². The maximum atomic E-state index is 8.71. The Kier molecular flexibility index (Phi) is 3.37. The first-order chi connectivity index (χ1) is 8.33. The molecule has 17 heavy (non-hydrogen) atoms. The van der Waals surface area contributed by atoms with Crippen molar-refractivity contribution in [1.82, 2.24) is 29.7 Å². The third-order valence-electron chi connectivity index (χ3n) is 1.77. The van der Waals surface area contributed by atoms with E-state index in [1.165, 1.54) is 17.3 Å². The van der Waals surface area contributed by atoms with E-state index in [4.69, 9.17) is 10.9 Å². The Morgan fingerprint density at radius 1 is 1.29 bits per heavy atom. The summed E-state index contributed by atoms with van der Waals surface area (Å²) < 4.78 is 1.37. The third-order valence-corrected chi connectivity index (χ3v) is 1.77. The van der Waals surface area contributed by atoms with Gasteiger partial charge in [-0.3, -0.25) is 5.43 Å². The van der Waals surface area contributed by atoms with E-state index in [1.54, 1.807) is 0 Å². The zero-order valence-electron chi connectivity index (χ0n) is 8.78. The predicted molar refractivity (Wildman–Crippen MR) is 58.1 cm³/mol. The summed E-state index contributed by atoms with van der Waals surface area (Å²) in [7, 11) is 0. The van der Waals surface area contributed by atoms with Gasteiger partial charge in [-0.15, -0.1) is 0 Å². The zero-order chi connectivity index (χ0) is 12.1. The van der Waals surface area contributed by atoms with E-state index in [9.17, 15) is 0 Å². The van der Waals surface area contributed by atoms with Gasteiger partial charge < -0.3 is 10.4 Å². The van der Waals surface area contributed by atoms with Crippen molar-refractivity contribution in [3.63, 3.8) is 0 Å². The molecule has 0 saturated carbocycles. The minimum Gasteiger partial charge on any atom is -0.395 e. The van der Waals surface area contributed by atoms with Crippen LogP contribution in [0.2, 0.25) is 0 Å². The van der Waals surface area contributed by atoms with E-state index < -0.39 is 0 Å². The number of aliphatic hydroxyl groups excluding tert-OH is 1. The molecular weight excluding hydrogens is 226 g/mol. The van der Waals surface area contributed by atoms with Crippen LogP contribution >= 0.6 is 0 Å². The number of nitrogens with zero attached hydrogens (tertiary/aromatic N) is 6. The van der Waals surface area contributed by atoms with Crippen molar-refractivity contribution in [2.24, 2.45) is 5.84 Å². The number of nitrogens with two attached hydrogens (primary N) is 1. The summed E-state index contributed by atoms with van der Waals surface area (Å²) in [6.07, 6.45) is 2.81. The molecule has 0 bridgehead atoms. The van der Waals surface area contributed by atoms with Crippen LogP contribution in [0, 0.1) is 0 Å². The van der Waals surface area contributed by atoms with Crippen LogP contribution < -0.4 is 16.6 Å². The van der Waals surface area contributed by atoms with Gasteiger partial charge in [-0.25, -0.2) is 10.8 Å². The number of hydrogen-bond acceptors (Lipinski definition) is 9. The van der Waals surface area contributed by atoms with Crippen LogP contribution in [-0.2, 0) is 0 Å². The normalized spacial score (nSPS) is 10.2. The average Bonchev–Trinajstić information content (AvgIpc) is 2.89. The molecule has 10 nitrogen and oxygen atoms in total. The number of rotatable bonds is 5. The highest BCUT2D eigenvalue weighted by molar-refractivity contribution is 5.36. The molecule has 0 aliphatic heterocycles. The summed E-state index contributed by atoms with van der Waals surface area (Å²) in [6.45, 7) is 0.292. The van der Waals surface area contributed by atoms with Crippen LogP contribution in [0.25, 0.3) is 5.95 Å². The molecule has 0 aliphatic rings. The molecule has 2 aromatic heterocycles. The van der Waals surface area contributed by atoms with Gasteiger partial charge in [-0.05, 0) is 0 Å². The predicted octanol–water partition coefficient (Wildman–Crippen LogP) is -1.86. The molecule has 0 saturated heterocycles. The molecule has 0 aliphatic carbocycles. The molecule has 90 valence electrons. The first-order valence-electron chi connectivity index (χ1n) is 4.76. The maximum Gasteiger partial charge on any atom is 0.258 e. The Bertz CT molecular complexity index is 470. The van der Waals surface area contributed by atoms with E-state index in [1.807, 2.05) is 0 Å². The highest BCUT2D eigenvalue weighted by Crippen LogP contribution is 2.06. The van der Waals surface area contributed by atoms with Gasteiger partial charge in [-0.1, -0.05) is 0 Å². The number of aromatic nitrogens is 6. The molecule has 2 aromatic rings. The molecular formula is C7H11N9O. The van der Waals surface area contributed by atoms with Gasteiger partial charge in [0.2, 0.25) is 11.9 Å². The second-order valence-electron chi connectivity index (χ2n) is 2.92. The quantitative estimate of drug-likeness (QED) is 0.348. The average molecular weight is 237 g/mol. The van der Waals surface area contributed by atoms with Crippen LogP contribution in [-0.4, -0.2) is 48.0 Å². The smallest absolute Gasteiger partial charge is 0.258 e. The highest BCUT2D eigenvalue weighted by Gasteiger charge is 2.07. The summed E-state index contributed by atoms with van der Waals surface area (Å²) >= 11 is 0. The van der Waals surface area contributed by atoms with E-state index in [0.717, 1.165) is 0 Å². The number of nitrogen functional groups attached to an aromatic ring is 1. The van der Waals surface area contributed by atoms with Gasteiger partial charge in [-0.2, -0.15) is 24.7 Å². The van der Waals surface area contributed by atoms with E-state index in [-0.39, 0.29) is 24.5 Å². The number of hydrogen-bond donors (Lipinski definition) is 4. The molecule has 0 atom stereocenters. The Morgan fingerprint density at radius 3 is 2.76 bits per heavy atom. The van der Waals surface area contributed by atoms with Crippen LogP contribution in [0.5, 0.6) is 0 Å². The molecule has 0 radical (unpaired) electrons. The van der Waals surface area contributed by atoms with Crippen LogP contribution in [0.3, 0.4) is 0 Å². The lowest BCUT2D eigenvalue weighted by atomic mass is 10.7.